The molecule has 0 radical (unpaired) electrons. The number of esters is 1. The van der Waals surface area contributed by atoms with Gasteiger partial charge in [0.25, 0.3) is 0 Å². The molecule has 0 aliphatic carbocycles. The smallest absolute Gasteiger partial charge is 0.303 e. The van der Waals surface area contributed by atoms with Crippen LogP contribution in [-0.4, -0.2) is 45.9 Å². The third-order valence-electron chi connectivity index (χ3n) is 4.84. The Morgan fingerprint density at radius 3 is 2.64 bits per heavy atom. The maximum atomic E-state index is 11.9. The van der Waals surface area contributed by atoms with Crippen LogP contribution in [0.15, 0.2) is 47.4 Å². The number of hydrogen-bond donors (Lipinski definition) is 1. The van der Waals surface area contributed by atoms with Crippen molar-refractivity contribution >= 4 is 23.4 Å². The van der Waals surface area contributed by atoms with Crippen LogP contribution in [0, 0.1) is 6.92 Å². The van der Waals surface area contributed by atoms with Gasteiger partial charge >= 0.3 is 5.97 Å². The molecule has 0 amide bonds. The molecule has 1 N–H and O–H groups in total. The van der Waals surface area contributed by atoms with Crippen molar-refractivity contribution in [3.8, 4) is 5.75 Å². The highest BCUT2D eigenvalue weighted by Gasteiger charge is 2.33. The number of thioether (sulfide) groups is 1. The fraction of sp³-hybridized carbons (Fsp3) is 0.409. The SMILES string of the molecule is CNCCN1CC(OC(C)=O)C(c2ccc(OC)cc2)Sc2cc(C)ccc21. The molecule has 2 aromatic rings. The van der Waals surface area contributed by atoms with Crippen molar-refractivity contribution in [3.63, 3.8) is 0 Å². The van der Waals surface area contributed by atoms with Gasteiger partial charge in [0.15, 0.2) is 0 Å². The summed E-state index contributed by atoms with van der Waals surface area (Å²) in [6.45, 7) is 5.95. The molecule has 0 aromatic heterocycles. The monoisotopic (exact) mass is 400 g/mol. The van der Waals surface area contributed by atoms with Gasteiger partial charge in [-0.05, 0) is 49.4 Å². The molecule has 5 nitrogen and oxygen atoms in total. The number of nitrogens with one attached hydrogen (secondary N) is 1. The lowest BCUT2D eigenvalue weighted by Gasteiger charge is -2.29. The zero-order valence-electron chi connectivity index (χ0n) is 16.9. The quantitative estimate of drug-likeness (QED) is 0.744. The zero-order chi connectivity index (χ0) is 20.1. The van der Waals surface area contributed by atoms with E-state index in [4.69, 9.17) is 9.47 Å². The van der Waals surface area contributed by atoms with Gasteiger partial charge in [-0.1, -0.05) is 18.2 Å². The van der Waals surface area contributed by atoms with Crippen molar-refractivity contribution < 1.29 is 14.3 Å². The minimum absolute atomic E-state index is 0.00921. The number of nitrogens with zero attached hydrogens (tertiary/aromatic N) is 1. The lowest BCUT2D eigenvalue weighted by atomic mass is 10.1. The minimum atomic E-state index is -0.250. The highest BCUT2D eigenvalue weighted by molar-refractivity contribution is 7.99. The molecule has 1 heterocycles. The van der Waals surface area contributed by atoms with Gasteiger partial charge in [-0.15, -0.1) is 11.8 Å². The maximum Gasteiger partial charge on any atom is 0.303 e. The number of fused-ring (bicyclic) bond motifs is 1. The minimum Gasteiger partial charge on any atom is -0.497 e. The number of hydrogen-bond acceptors (Lipinski definition) is 6. The zero-order valence-corrected chi connectivity index (χ0v) is 17.7. The molecule has 2 aromatic carbocycles. The summed E-state index contributed by atoms with van der Waals surface area (Å²) in [5.41, 5.74) is 3.54. The van der Waals surface area contributed by atoms with Crippen molar-refractivity contribution in [2.45, 2.75) is 30.1 Å². The Morgan fingerprint density at radius 1 is 1.25 bits per heavy atom. The Morgan fingerprint density at radius 2 is 2.00 bits per heavy atom. The number of carbonyl (C=O) groups excluding carboxylic acids is 1. The largest absolute Gasteiger partial charge is 0.497 e. The van der Waals surface area contributed by atoms with E-state index in [1.165, 1.54) is 23.1 Å². The molecular formula is C22H28N2O3S. The first-order chi connectivity index (χ1) is 13.5. The van der Waals surface area contributed by atoms with Crippen LogP contribution in [0.2, 0.25) is 0 Å². The summed E-state index contributed by atoms with van der Waals surface area (Å²) in [5, 5.41) is 3.23. The second-order valence-electron chi connectivity index (χ2n) is 6.98. The summed E-state index contributed by atoms with van der Waals surface area (Å²) in [4.78, 5) is 15.4. The topological polar surface area (TPSA) is 50.8 Å². The number of methoxy groups -OCH3 is 1. The molecule has 28 heavy (non-hydrogen) atoms. The van der Waals surface area contributed by atoms with Crippen LogP contribution in [0.4, 0.5) is 5.69 Å². The van der Waals surface area contributed by atoms with Crippen LogP contribution >= 0.6 is 11.8 Å². The third-order valence-corrected chi connectivity index (χ3v) is 6.25. The predicted octanol–water partition coefficient (Wildman–Crippen LogP) is 3.81. The normalized spacial score (nSPS) is 18.9. The summed E-state index contributed by atoms with van der Waals surface area (Å²) in [5.74, 6) is 0.568. The van der Waals surface area contributed by atoms with E-state index in [0.717, 1.165) is 24.4 Å². The first-order valence-corrected chi connectivity index (χ1v) is 10.4. The van der Waals surface area contributed by atoms with Gasteiger partial charge in [-0.2, -0.15) is 0 Å². The molecule has 2 atom stereocenters. The summed E-state index contributed by atoms with van der Waals surface area (Å²) in [7, 11) is 3.61. The predicted molar refractivity (Wildman–Crippen MR) is 114 cm³/mol. The Bertz CT molecular complexity index is 810. The van der Waals surface area contributed by atoms with E-state index in [0.29, 0.717) is 6.54 Å². The van der Waals surface area contributed by atoms with Crippen LogP contribution in [0.5, 0.6) is 5.75 Å². The Labute approximate surface area is 171 Å². The molecule has 0 bridgehead atoms. The highest BCUT2D eigenvalue weighted by Crippen LogP contribution is 2.46. The molecule has 1 aliphatic heterocycles. The number of likely N-dealkylation sites (N-methyl/N-ethyl adjacent to an activating group) is 1. The van der Waals surface area contributed by atoms with E-state index >= 15 is 0 Å². The van der Waals surface area contributed by atoms with E-state index in [9.17, 15) is 4.79 Å². The summed E-state index contributed by atoms with van der Waals surface area (Å²) in [6.07, 6.45) is -0.250. The van der Waals surface area contributed by atoms with Crippen LogP contribution in [0.3, 0.4) is 0 Å². The van der Waals surface area contributed by atoms with E-state index in [2.05, 4.69) is 47.5 Å². The van der Waals surface area contributed by atoms with E-state index in [1.807, 2.05) is 19.2 Å². The first kappa shape index (κ1) is 20.6. The van der Waals surface area contributed by atoms with Crippen LogP contribution in [0.25, 0.3) is 0 Å². The second-order valence-corrected chi connectivity index (χ2v) is 8.16. The lowest BCUT2D eigenvalue weighted by Crippen LogP contribution is -2.39. The molecule has 3 rings (SSSR count). The second kappa shape index (κ2) is 9.34. The Kier molecular flexibility index (Phi) is 6.86. The average Bonchev–Trinajstić information content (AvgIpc) is 2.82. The molecule has 0 saturated carbocycles. The van der Waals surface area contributed by atoms with Gasteiger partial charge in [0.05, 0.1) is 24.6 Å². The van der Waals surface area contributed by atoms with Crippen molar-refractivity contribution in [2.75, 3.05) is 38.7 Å². The first-order valence-electron chi connectivity index (χ1n) is 9.50. The number of aryl methyl sites for hydroxylation is 1. The third kappa shape index (κ3) is 4.80. The van der Waals surface area contributed by atoms with Gasteiger partial charge in [0.1, 0.15) is 11.9 Å². The standard InChI is InChI=1S/C22H28N2O3S/c1-15-5-10-19-21(13-15)28-22(17-6-8-18(26-4)9-7-17)20(27-16(2)25)14-24(19)12-11-23-3/h5-10,13,20,22-23H,11-12,14H2,1-4H3. The molecule has 0 spiro atoms. The van der Waals surface area contributed by atoms with Gasteiger partial charge in [-0.25, -0.2) is 0 Å². The molecular weight excluding hydrogens is 372 g/mol. The number of anilines is 1. The van der Waals surface area contributed by atoms with Gasteiger partial charge < -0.3 is 19.7 Å². The summed E-state index contributed by atoms with van der Waals surface area (Å²) >= 11 is 1.77. The number of ether oxygens (including phenoxy) is 2. The molecule has 0 fully saturated rings. The summed E-state index contributed by atoms with van der Waals surface area (Å²) in [6, 6.07) is 14.6. The Balaban J connectivity index is 2.02. The molecule has 2 unspecified atom stereocenters. The Hall–Kier alpha value is -2.18. The van der Waals surface area contributed by atoms with Crippen LogP contribution in [0.1, 0.15) is 23.3 Å². The highest BCUT2D eigenvalue weighted by atomic mass is 32.2. The van der Waals surface area contributed by atoms with Crippen LogP contribution in [-0.2, 0) is 9.53 Å². The molecule has 1 aliphatic rings. The maximum absolute atomic E-state index is 11.9. The number of benzene rings is 2. The summed E-state index contributed by atoms with van der Waals surface area (Å²) < 4.78 is 11.1. The molecule has 0 saturated heterocycles. The van der Waals surface area contributed by atoms with Crippen molar-refractivity contribution in [2.24, 2.45) is 0 Å². The number of rotatable bonds is 6. The van der Waals surface area contributed by atoms with Gasteiger partial charge in [0.2, 0.25) is 0 Å². The van der Waals surface area contributed by atoms with Crippen molar-refractivity contribution in [3.05, 3.63) is 53.6 Å². The van der Waals surface area contributed by atoms with Crippen LogP contribution < -0.4 is 15.0 Å². The fourth-order valence-corrected chi connectivity index (χ4v) is 4.88. The molecule has 6 heteroatoms. The van der Waals surface area contributed by atoms with E-state index in [1.54, 1.807) is 18.9 Å². The van der Waals surface area contributed by atoms with Crippen molar-refractivity contribution in [1.29, 1.82) is 0 Å². The van der Waals surface area contributed by atoms with E-state index < -0.39 is 0 Å². The fourth-order valence-electron chi connectivity index (χ4n) is 3.45. The van der Waals surface area contributed by atoms with Gasteiger partial charge in [0, 0.05) is 24.9 Å². The van der Waals surface area contributed by atoms with Gasteiger partial charge in [-0.3, -0.25) is 4.79 Å². The van der Waals surface area contributed by atoms with E-state index in [-0.39, 0.29) is 17.3 Å². The lowest BCUT2D eigenvalue weighted by molar-refractivity contribution is -0.145. The number of carbonyl (C=O) groups is 1. The van der Waals surface area contributed by atoms with Crippen molar-refractivity contribution in [1.82, 2.24) is 5.32 Å². The average molecular weight is 401 g/mol. The molecule has 150 valence electrons.